The second-order valence-corrected chi connectivity index (χ2v) is 16.8. The van der Waals surface area contributed by atoms with Gasteiger partial charge in [0, 0.05) is 11.6 Å². The third kappa shape index (κ3) is 3.81. The van der Waals surface area contributed by atoms with E-state index in [0.29, 0.717) is 23.0 Å². The molecule has 7 rings (SSSR count). The third-order valence-electron chi connectivity index (χ3n) is 14.5. The van der Waals surface area contributed by atoms with Gasteiger partial charge in [-0.15, -0.1) is 5.10 Å². The smallest absolute Gasteiger partial charge is 0.341 e. The second kappa shape index (κ2) is 9.35. The summed E-state index contributed by atoms with van der Waals surface area (Å²) >= 11 is 0. The number of pyridine rings is 1. The van der Waals surface area contributed by atoms with E-state index in [2.05, 4.69) is 62.9 Å². The topological polar surface area (TPSA) is 110 Å². The highest BCUT2D eigenvalue weighted by atomic mass is 16.7. The van der Waals surface area contributed by atoms with Crippen LogP contribution in [-0.4, -0.2) is 49.0 Å². The number of carbonyl (C=O) groups is 1. The second-order valence-electron chi connectivity index (χ2n) is 16.8. The molecule has 2 aromatic heterocycles. The number of aliphatic hydroxyl groups excluding tert-OH is 2. The van der Waals surface area contributed by atoms with Crippen LogP contribution in [0.5, 0.6) is 0 Å². The highest BCUT2D eigenvalue weighted by Crippen LogP contribution is 2.75. The summed E-state index contributed by atoms with van der Waals surface area (Å²) in [6.45, 7) is 14.4. The van der Waals surface area contributed by atoms with Gasteiger partial charge in [-0.05, 0) is 126 Å². The number of allylic oxidation sites excluding steroid dienone is 2. The van der Waals surface area contributed by atoms with Crippen LogP contribution in [0.15, 0.2) is 30.0 Å². The van der Waals surface area contributed by atoms with Gasteiger partial charge in [-0.3, -0.25) is 0 Å². The van der Waals surface area contributed by atoms with Gasteiger partial charge in [0.1, 0.15) is 5.52 Å². The monoisotopic (exact) mass is 590 g/mol. The maximum absolute atomic E-state index is 14.4. The molecule has 5 aliphatic carbocycles. The Bertz CT molecular complexity index is 1490. The number of carbonyl (C=O) groups excluding carboxylic acids is 1. The molecule has 4 fully saturated rings. The Labute approximate surface area is 255 Å². The van der Waals surface area contributed by atoms with Crippen molar-refractivity contribution in [3.8, 4) is 0 Å². The fourth-order valence-electron chi connectivity index (χ4n) is 11.6. The number of aliphatic hydroxyl groups is 2. The summed E-state index contributed by atoms with van der Waals surface area (Å²) in [6, 6.07) is 3.63. The van der Waals surface area contributed by atoms with Gasteiger partial charge in [-0.25, -0.2) is 9.78 Å². The van der Waals surface area contributed by atoms with Crippen LogP contribution in [0.25, 0.3) is 11.2 Å². The number of hydrogen-bond acceptors (Lipinski definition) is 7. The Balaban J connectivity index is 1.27. The van der Waals surface area contributed by atoms with Crippen molar-refractivity contribution in [1.29, 1.82) is 0 Å². The minimum absolute atomic E-state index is 0.0288. The third-order valence-corrected chi connectivity index (χ3v) is 14.5. The van der Waals surface area contributed by atoms with E-state index in [1.165, 1.54) is 10.4 Å². The van der Waals surface area contributed by atoms with E-state index in [0.717, 1.165) is 64.2 Å². The van der Waals surface area contributed by atoms with E-state index in [4.69, 9.17) is 4.84 Å². The van der Waals surface area contributed by atoms with Crippen LogP contribution in [0.2, 0.25) is 0 Å². The lowest BCUT2D eigenvalue weighted by atomic mass is 9.33. The van der Waals surface area contributed by atoms with Crippen molar-refractivity contribution in [3.63, 3.8) is 0 Å². The van der Waals surface area contributed by atoms with Crippen LogP contribution >= 0.6 is 0 Å². The molecule has 0 aliphatic heterocycles. The molecule has 0 spiro atoms. The first-order valence-corrected chi connectivity index (χ1v) is 16.6. The van der Waals surface area contributed by atoms with Crippen LogP contribution in [0.1, 0.15) is 106 Å². The Kier molecular flexibility index (Phi) is 6.39. The van der Waals surface area contributed by atoms with Gasteiger partial charge < -0.3 is 15.1 Å². The SMILES string of the molecule is CC1(C)CC[C@]2(C(=O)On3nnc4cccnc43)CC[C@]3(C)C(=CC[C@@H]4[C@@]5(C)CC[C@H](O)[C@@](C)(CO)[C@@H]5CC[C@]43C)[C@@H]2C1. The molecule has 0 aromatic carbocycles. The fourth-order valence-corrected chi connectivity index (χ4v) is 11.6. The molecule has 234 valence electrons. The number of rotatable bonds is 3. The highest BCUT2D eigenvalue weighted by Gasteiger charge is 2.69. The Morgan fingerprint density at radius 3 is 2.56 bits per heavy atom. The van der Waals surface area contributed by atoms with Gasteiger partial charge in [0.2, 0.25) is 5.65 Å². The summed E-state index contributed by atoms with van der Waals surface area (Å²) in [5.41, 5.74) is 1.73. The van der Waals surface area contributed by atoms with Gasteiger partial charge >= 0.3 is 5.97 Å². The largest absolute Gasteiger partial charge is 0.396 e. The molecule has 8 heteroatoms. The molecule has 43 heavy (non-hydrogen) atoms. The van der Waals surface area contributed by atoms with E-state index < -0.39 is 16.9 Å². The summed E-state index contributed by atoms with van der Waals surface area (Å²) in [7, 11) is 0. The predicted molar refractivity (Wildman–Crippen MR) is 163 cm³/mol. The summed E-state index contributed by atoms with van der Waals surface area (Å²) in [5, 5.41) is 29.9. The molecule has 0 radical (unpaired) electrons. The fraction of sp³-hybridized carbons (Fsp3) is 0.771. The lowest BCUT2D eigenvalue weighted by Gasteiger charge is -2.71. The molecule has 9 atom stereocenters. The molecule has 0 saturated heterocycles. The molecule has 0 bridgehead atoms. The summed E-state index contributed by atoms with van der Waals surface area (Å²) < 4.78 is 0. The van der Waals surface area contributed by atoms with Crippen molar-refractivity contribution >= 4 is 17.1 Å². The molecule has 5 aliphatic rings. The standard InChI is InChI=1S/C35H50N4O4/c1-30(2)15-17-35(29(42)43-39-28-24(37-38-39)8-7-19-36-28)18-16-33(5)22(23(35)20-30)9-10-26-31(3)13-12-27(41)32(4,21-40)25(31)11-14-34(26,33)6/h7-9,19,23,25-27,40-41H,10-18,20-21H2,1-6H3/t23-,25+,26+,27-,31-,32-,33+,34+,35-/m0/s1. The van der Waals surface area contributed by atoms with E-state index in [9.17, 15) is 15.0 Å². The Morgan fingerprint density at radius 2 is 1.79 bits per heavy atom. The zero-order valence-corrected chi connectivity index (χ0v) is 26.9. The van der Waals surface area contributed by atoms with Gasteiger partial charge in [-0.1, -0.05) is 53.2 Å². The van der Waals surface area contributed by atoms with Crippen LogP contribution in [0.4, 0.5) is 0 Å². The predicted octanol–water partition coefficient (Wildman–Crippen LogP) is 5.92. The zero-order valence-electron chi connectivity index (χ0n) is 26.9. The van der Waals surface area contributed by atoms with Crippen LogP contribution in [-0.2, 0) is 4.79 Å². The molecular formula is C35H50N4O4. The van der Waals surface area contributed by atoms with Crippen molar-refractivity contribution in [1.82, 2.24) is 20.1 Å². The van der Waals surface area contributed by atoms with Crippen LogP contribution in [0, 0.1) is 50.2 Å². The van der Waals surface area contributed by atoms with E-state index in [-0.39, 0.29) is 40.2 Å². The molecule has 2 heterocycles. The molecule has 0 unspecified atom stereocenters. The minimum Gasteiger partial charge on any atom is -0.396 e. The average molecular weight is 591 g/mol. The van der Waals surface area contributed by atoms with Gasteiger partial charge in [0.15, 0.2) is 0 Å². The molecule has 2 N–H and O–H groups in total. The van der Waals surface area contributed by atoms with E-state index in [1.54, 1.807) is 12.3 Å². The number of hydrogen-bond donors (Lipinski definition) is 2. The zero-order chi connectivity index (χ0) is 30.6. The Morgan fingerprint density at radius 1 is 1.02 bits per heavy atom. The number of fused-ring (bicyclic) bond motifs is 8. The summed E-state index contributed by atoms with van der Waals surface area (Å²) in [5.74, 6) is 0.679. The van der Waals surface area contributed by atoms with Crippen molar-refractivity contribution < 1.29 is 19.8 Å². The van der Waals surface area contributed by atoms with Crippen molar-refractivity contribution in [2.24, 2.45) is 50.2 Å². The molecule has 4 saturated carbocycles. The van der Waals surface area contributed by atoms with E-state index in [1.807, 2.05) is 6.07 Å². The van der Waals surface area contributed by atoms with Crippen LogP contribution in [0.3, 0.4) is 0 Å². The highest BCUT2D eigenvalue weighted by molar-refractivity contribution is 5.80. The molecular weight excluding hydrogens is 540 g/mol. The molecule has 2 aromatic rings. The maximum atomic E-state index is 14.4. The van der Waals surface area contributed by atoms with Crippen molar-refractivity contribution in [3.05, 3.63) is 30.0 Å². The first-order valence-electron chi connectivity index (χ1n) is 16.6. The maximum Gasteiger partial charge on any atom is 0.341 e. The van der Waals surface area contributed by atoms with Gasteiger partial charge in [0.05, 0.1) is 18.1 Å². The average Bonchev–Trinajstić information content (AvgIpc) is 3.38. The normalized spacial score (nSPS) is 45.3. The first-order chi connectivity index (χ1) is 20.2. The van der Waals surface area contributed by atoms with Gasteiger partial charge in [0.25, 0.3) is 0 Å². The van der Waals surface area contributed by atoms with Crippen LogP contribution < -0.4 is 4.84 Å². The molecule has 0 amide bonds. The van der Waals surface area contributed by atoms with Crippen molar-refractivity contribution in [2.75, 3.05) is 6.61 Å². The summed E-state index contributed by atoms with van der Waals surface area (Å²) in [4.78, 5) is 26.1. The first kappa shape index (κ1) is 29.4. The molecule has 8 nitrogen and oxygen atoms in total. The van der Waals surface area contributed by atoms with Crippen molar-refractivity contribution in [2.45, 2.75) is 112 Å². The summed E-state index contributed by atoms with van der Waals surface area (Å²) in [6.07, 6.45) is 13.1. The lowest BCUT2D eigenvalue weighted by Crippen LogP contribution is -2.66. The Hall–Kier alpha value is -2.32. The number of aromatic nitrogens is 4. The quantitative estimate of drug-likeness (QED) is 0.337. The minimum atomic E-state index is -0.595. The van der Waals surface area contributed by atoms with Gasteiger partial charge in [-0.2, -0.15) is 0 Å². The number of nitrogens with zero attached hydrogens (tertiary/aromatic N) is 4. The lowest BCUT2D eigenvalue weighted by molar-refractivity contribution is -0.217. The van der Waals surface area contributed by atoms with E-state index >= 15 is 0 Å².